The van der Waals surface area contributed by atoms with Crippen molar-refractivity contribution in [2.45, 2.75) is 45.8 Å². The number of benzene rings is 2. The normalized spacial score (nSPS) is 11.5. The first-order valence-corrected chi connectivity index (χ1v) is 9.75. The summed E-state index contributed by atoms with van der Waals surface area (Å²) >= 11 is 0. The van der Waals surface area contributed by atoms with Crippen molar-refractivity contribution in [1.82, 2.24) is 10.6 Å². The molecule has 2 aromatic rings. The first-order chi connectivity index (χ1) is 14.3. The third kappa shape index (κ3) is 7.16. The van der Waals surface area contributed by atoms with E-state index in [1.165, 1.54) is 6.92 Å². The molecule has 7 nitrogen and oxygen atoms in total. The van der Waals surface area contributed by atoms with Crippen LogP contribution in [0.3, 0.4) is 0 Å². The summed E-state index contributed by atoms with van der Waals surface area (Å²) in [6.45, 7) is 4.86. The second kappa shape index (κ2) is 10.9. The SMILES string of the molecule is CC(C)NC(=O)NC(=O)[C@@H](C)OC(=O)CCC(=O)c1ccc(-c2ccccc2)cc1. The van der Waals surface area contributed by atoms with Gasteiger partial charge in [0.25, 0.3) is 5.91 Å². The third-order valence-corrected chi connectivity index (χ3v) is 4.20. The van der Waals surface area contributed by atoms with Crippen LogP contribution in [0.2, 0.25) is 0 Å². The highest BCUT2D eigenvalue weighted by Crippen LogP contribution is 2.20. The Morgan fingerprint density at radius 2 is 1.43 bits per heavy atom. The van der Waals surface area contributed by atoms with Crippen LogP contribution in [0.25, 0.3) is 11.1 Å². The molecule has 0 heterocycles. The number of carbonyl (C=O) groups is 4. The number of imide groups is 1. The van der Waals surface area contributed by atoms with Gasteiger partial charge in [-0.1, -0.05) is 54.6 Å². The molecule has 0 fully saturated rings. The van der Waals surface area contributed by atoms with Gasteiger partial charge in [-0.05, 0) is 31.9 Å². The second-order valence-electron chi connectivity index (χ2n) is 7.12. The lowest BCUT2D eigenvalue weighted by Crippen LogP contribution is -2.46. The van der Waals surface area contributed by atoms with Gasteiger partial charge in [-0.25, -0.2) is 4.79 Å². The molecule has 0 spiro atoms. The molecule has 2 aromatic carbocycles. The molecule has 0 saturated carbocycles. The lowest BCUT2D eigenvalue weighted by Gasteiger charge is -2.14. The summed E-state index contributed by atoms with van der Waals surface area (Å²) in [6.07, 6.45) is -1.34. The van der Waals surface area contributed by atoms with E-state index >= 15 is 0 Å². The van der Waals surface area contributed by atoms with Crippen molar-refractivity contribution in [3.63, 3.8) is 0 Å². The fraction of sp³-hybridized carbons (Fsp3) is 0.304. The Morgan fingerprint density at radius 1 is 0.833 bits per heavy atom. The fourth-order valence-electron chi connectivity index (χ4n) is 2.66. The molecule has 2 N–H and O–H groups in total. The predicted molar refractivity (Wildman–Crippen MR) is 113 cm³/mol. The van der Waals surface area contributed by atoms with Crippen molar-refractivity contribution in [1.29, 1.82) is 0 Å². The number of amides is 3. The molecule has 0 aliphatic carbocycles. The maximum Gasteiger partial charge on any atom is 0.321 e. The Labute approximate surface area is 175 Å². The van der Waals surface area contributed by atoms with E-state index in [0.29, 0.717) is 5.56 Å². The van der Waals surface area contributed by atoms with Crippen LogP contribution in [0.4, 0.5) is 4.79 Å². The first-order valence-electron chi connectivity index (χ1n) is 9.75. The van der Waals surface area contributed by atoms with Gasteiger partial charge in [0.2, 0.25) is 0 Å². The van der Waals surface area contributed by atoms with E-state index in [-0.39, 0.29) is 24.7 Å². The molecular weight excluding hydrogens is 384 g/mol. The minimum absolute atomic E-state index is 0.0360. The summed E-state index contributed by atoms with van der Waals surface area (Å²) in [5, 5.41) is 4.59. The number of hydrogen-bond acceptors (Lipinski definition) is 5. The van der Waals surface area contributed by atoms with Gasteiger partial charge in [0.15, 0.2) is 11.9 Å². The first kappa shape index (κ1) is 22.8. The predicted octanol–water partition coefficient (Wildman–Crippen LogP) is 3.48. The minimum Gasteiger partial charge on any atom is -0.453 e. The van der Waals surface area contributed by atoms with E-state index in [2.05, 4.69) is 10.6 Å². The minimum atomic E-state index is -1.14. The molecule has 0 radical (unpaired) electrons. The van der Waals surface area contributed by atoms with E-state index in [1.54, 1.807) is 26.0 Å². The highest BCUT2D eigenvalue weighted by Gasteiger charge is 2.20. The Hall–Kier alpha value is -3.48. The van der Waals surface area contributed by atoms with Gasteiger partial charge in [0.05, 0.1) is 6.42 Å². The molecule has 30 heavy (non-hydrogen) atoms. The average molecular weight is 410 g/mol. The molecule has 0 aromatic heterocycles. The molecule has 2 rings (SSSR count). The quantitative estimate of drug-likeness (QED) is 0.512. The van der Waals surface area contributed by atoms with E-state index < -0.39 is 24.0 Å². The number of hydrogen-bond donors (Lipinski definition) is 2. The van der Waals surface area contributed by atoms with Gasteiger partial charge in [0, 0.05) is 18.0 Å². The van der Waals surface area contributed by atoms with Crippen molar-refractivity contribution in [3.8, 4) is 11.1 Å². The van der Waals surface area contributed by atoms with Crippen LogP contribution < -0.4 is 10.6 Å². The number of ketones is 1. The molecule has 0 bridgehead atoms. The highest BCUT2D eigenvalue weighted by atomic mass is 16.5. The topological polar surface area (TPSA) is 102 Å². The summed E-state index contributed by atoms with van der Waals surface area (Å²) in [5.74, 6) is -1.61. The lowest BCUT2D eigenvalue weighted by atomic mass is 10.0. The summed E-state index contributed by atoms with van der Waals surface area (Å²) in [5.41, 5.74) is 2.54. The molecule has 3 amide bonds. The zero-order valence-corrected chi connectivity index (χ0v) is 17.3. The molecule has 1 atom stereocenters. The fourth-order valence-corrected chi connectivity index (χ4v) is 2.66. The summed E-state index contributed by atoms with van der Waals surface area (Å²) in [4.78, 5) is 47.6. The summed E-state index contributed by atoms with van der Waals surface area (Å²) in [7, 11) is 0. The summed E-state index contributed by atoms with van der Waals surface area (Å²) < 4.78 is 5.00. The number of Topliss-reactive ketones (excluding diaryl/α,β-unsaturated/α-hetero) is 1. The van der Waals surface area contributed by atoms with Crippen LogP contribution in [-0.4, -0.2) is 35.8 Å². The third-order valence-electron chi connectivity index (χ3n) is 4.20. The maximum absolute atomic E-state index is 12.3. The number of carbonyl (C=O) groups excluding carboxylic acids is 4. The Bertz CT molecular complexity index is 892. The molecule has 0 saturated heterocycles. The van der Waals surface area contributed by atoms with Gasteiger partial charge in [0.1, 0.15) is 0 Å². The average Bonchev–Trinajstić information content (AvgIpc) is 2.72. The van der Waals surface area contributed by atoms with Crippen molar-refractivity contribution in [2.24, 2.45) is 0 Å². The molecule has 0 aliphatic rings. The van der Waals surface area contributed by atoms with E-state index in [4.69, 9.17) is 4.74 Å². The Balaban J connectivity index is 1.80. The lowest BCUT2D eigenvalue weighted by molar-refractivity contribution is -0.154. The van der Waals surface area contributed by atoms with Crippen LogP contribution in [0.15, 0.2) is 54.6 Å². The number of urea groups is 1. The van der Waals surface area contributed by atoms with Crippen molar-refractivity contribution < 1.29 is 23.9 Å². The maximum atomic E-state index is 12.3. The van der Waals surface area contributed by atoms with Crippen molar-refractivity contribution >= 4 is 23.7 Å². The van der Waals surface area contributed by atoms with Crippen LogP contribution >= 0.6 is 0 Å². The second-order valence-corrected chi connectivity index (χ2v) is 7.12. The van der Waals surface area contributed by atoms with Gasteiger partial charge in [-0.15, -0.1) is 0 Å². The van der Waals surface area contributed by atoms with E-state index in [0.717, 1.165) is 11.1 Å². The van der Waals surface area contributed by atoms with Gasteiger partial charge in [-0.2, -0.15) is 0 Å². The molecular formula is C23H26N2O5. The van der Waals surface area contributed by atoms with E-state index in [9.17, 15) is 19.2 Å². The van der Waals surface area contributed by atoms with Crippen LogP contribution in [0.5, 0.6) is 0 Å². The summed E-state index contributed by atoms with van der Waals surface area (Å²) in [6, 6.07) is 16.1. The van der Waals surface area contributed by atoms with Gasteiger partial charge in [-0.3, -0.25) is 19.7 Å². The number of esters is 1. The number of nitrogens with one attached hydrogen (secondary N) is 2. The number of rotatable bonds is 8. The smallest absolute Gasteiger partial charge is 0.321 e. The molecule has 158 valence electrons. The number of ether oxygens (including phenoxy) is 1. The van der Waals surface area contributed by atoms with Crippen LogP contribution in [0.1, 0.15) is 44.0 Å². The highest BCUT2D eigenvalue weighted by molar-refractivity contribution is 5.99. The monoisotopic (exact) mass is 410 g/mol. The largest absolute Gasteiger partial charge is 0.453 e. The van der Waals surface area contributed by atoms with Crippen LogP contribution in [0, 0.1) is 0 Å². The van der Waals surface area contributed by atoms with Crippen LogP contribution in [-0.2, 0) is 14.3 Å². The standard InChI is InChI=1S/C23H26N2O5/c1-15(2)24-23(29)25-22(28)16(3)30-21(27)14-13-20(26)19-11-9-18(10-12-19)17-7-5-4-6-8-17/h4-12,15-16H,13-14H2,1-3H3,(H2,24,25,28,29)/t16-/m1/s1. The van der Waals surface area contributed by atoms with E-state index in [1.807, 2.05) is 42.5 Å². The van der Waals surface area contributed by atoms with Gasteiger partial charge >= 0.3 is 12.0 Å². The zero-order valence-electron chi connectivity index (χ0n) is 17.3. The molecule has 7 heteroatoms. The molecule has 0 aliphatic heterocycles. The molecule has 0 unspecified atom stereocenters. The Kier molecular flexibility index (Phi) is 8.29. The van der Waals surface area contributed by atoms with Crippen molar-refractivity contribution in [2.75, 3.05) is 0 Å². The Morgan fingerprint density at radius 3 is 2.03 bits per heavy atom. The van der Waals surface area contributed by atoms with Gasteiger partial charge < -0.3 is 10.1 Å². The van der Waals surface area contributed by atoms with Crippen molar-refractivity contribution in [3.05, 3.63) is 60.2 Å². The zero-order chi connectivity index (χ0) is 22.1.